The average Bonchev–Trinajstić information content (AvgIpc) is 2.54. The van der Waals surface area contributed by atoms with E-state index in [1.807, 2.05) is 30.3 Å². The second-order valence-corrected chi connectivity index (χ2v) is 6.02. The number of aryl methyl sites for hydroxylation is 1. The lowest BCUT2D eigenvalue weighted by Crippen LogP contribution is -2.30. The Bertz CT molecular complexity index is 580. The Morgan fingerprint density at radius 3 is 2.70 bits per heavy atom. The predicted octanol–water partition coefficient (Wildman–Crippen LogP) is 3.84. The highest BCUT2D eigenvalue weighted by molar-refractivity contribution is 7.99. The molecule has 2 unspecified atom stereocenters. The first kappa shape index (κ1) is 13.5. The van der Waals surface area contributed by atoms with Crippen LogP contribution < -0.4 is 4.74 Å². The van der Waals surface area contributed by atoms with Gasteiger partial charge in [0.1, 0.15) is 18.0 Å². The molecule has 2 nitrogen and oxygen atoms in total. The van der Waals surface area contributed by atoms with Gasteiger partial charge in [0.05, 0.1) is 0 Å². The largest absolute Gasteiger partial charge is 0.485 e. The summed E-state index contributed by atoms with van der Waals surface area (Å²) >= 11 is 1.74. The van der Waals surface area contributed by atoms with Crippen LogP contribution in [-0.2, 0) is 6.42 Å². The molecule has 0 saturated heterocycles. The van der Waals surface area contributed by atoms with E-state index in [2.05, 4.69) is 25.1 Å². The highest BCUT2D eigenvalue weighted by atomic mass is 32.2. The van der Waals surface area contributed by atoms with E-state index in [-0.39, 0.29) is 6.10 Å². The van der Waals surface area contributed by atoms with Crippen molar-refractivity contribution in [2.45, 2.75) is 30.4 Å². The van der Waals surface area contributed by atoms with Crippen molar-refractivity contribution in [3.05, 3.63) is 59.7 Å². The minimum atomic E-state index is -0.582. The minimum Gasteiger partial charge on any atom is -0.485 e. The molecule has 0 amide bonds. The van der Waals surface area contributed by atoms with Crippen LogP contribution in [0.4, 0.5) is 0 Å². The van der Waals surface area contributed by atoms with Crippen molar-refractivity contribution in [1.29, 1.82) is 0 Å². The molecule has 1 aliphatic heterocycles. The van der Waals surface area contributed by atoms with Gasteiger partial charge in [-0.05, 0) is 29.7 Å². The maximum absolute atomic E-state index is 10.5. The molecule has 1 heterocycles. The average molecular weight is 286 g/mol. The molecule has 0 spiro atoms. The Labute approximate surface area is 123 Å². The number of aliphatic hydroxyl groups is 1. The molecule has 0 aliphatic carbocycles. The molecule has 0 saturated carbocycles. The van der Waals surface area contributed by atoms with Crippen LogP contribution in [0.5, 0.6) is 5.75 Å². The Kier molecular flexibility index (Phi) is 3.99. The van der Waals surface area contributed by atoms with Crippen molar-refractivity contribution in [1.82, 2.24) is 0 Å². The van der Waals surface area contributed by atoms with E-state index >= 15 is 0 Å². The molecule has 3 rings (SSSR count). The fraction of sp³-hybridized carbons (Fsp3) is 0.294. The highest BCUT2D eigenvalue weighted by Crippen LogP contribution is 2.38. The fourth-order valence-corrected chi connectivity index (χ4v) is 3.38. The van der Waals surface area contributed by atoms with Crippen LogP contribution in [0.2, 0.25) is 0 Å². The number of para-hydroxylation sites is 1. The van der Waals surface area contributed by atoms with E-state index in [9.17, 15) is 5.11 Å². The van der Waals surface area contributed by atoms with Crippen LogP contribution in [0.15, 0.2) is 53.4 Å². The number of ether oxygens (including phenoxy) is 1. The summed E-state index contributed by atoms with van der Waals surface area (Å²) in [5.74, 6) is 1.64. The first-order chi connectivity index (χ1) is 9.78. The molecule has 0 radical (unpaired) electrons. The summed E-state index contributed by atoms with van der Waals surface area (Å²) in [7, 11) is 0. The van der Waals surface area contributed by atoms with E-state index in [0.717, 1.165) is 28.4 Å². The number of hydrogen-bond donors (Lipinski definition) is 1. The van der Waals surface area contributed by atoms with Crippen LogP contribution in [0.1, 0.15) is 24.2 Å². The normalized spacial score (nSPS) is 19.0. The maximum atomic E-state index is 10.5. The van der Waals surface area contributed by atoms with Gasteiger partial charge in [-0.1, -0.05) is 43.3 Å². The van der Waals surface area contributed by atoms with Crippen LogP contribution in [-0.4, -0.2) is 17.0 Å². The number of thioether (sulfide) groups is 1. The molecule has 2 aromatic rings. The maximum Gasteiger partial charge on any atom is 0.138 e. The SMILES string of the molecule is CCc1ccc(C(O)C2CSc3ccccc3O2)cc1. The molecule has 3 heteroatoms. The summed E-state index contributed by atoms with van der Waals surface area (Å²) in [4.78, 5) is 1.15. The summed E-state index contributed by atoms with van der Waals surface area (Å²) in [5.41, 5.74) is 2.21. The monoisotopic (exact) mass is 286 g/mol. The number of rotatable bonds is 3. The molecule has 2 aromatic carbocycles. The van der Waals surface area contributed by atoms with Crippen LogP contribution >= 0.6 is 11.8 Å². The summed E-state index contributed by atoms with van der Waals surface area (Å²) in [6, 6.07) is 16.1. The molecule has 104 valence electrons. The zero-order chi connectivity index (χ0) is 13.9. The van der Waals surface area contributed by atoms with Crippen molar-refractivity contribution in [3.63, 3.8) is 0 Å². The van der Waals surface area contributed by atoms with Gasteiger partial charge in [-0.15, -0.1) is 11.8 Å². The predicted molar refractivity (Wildman–Crippen MR) is 82.4 cm³/mol. The Balaban J connectivity index is 1.76. The van der Waals surface area contributed by atoms with Gasteiger partial charge in [-0.3, -0.25) is 0 Å². The Morgan fingerprint density at radius 1 is 1.20 bits per heavy atom. The quantitative estimate of drug-likeness (QED) is 0.929. The van der Waals surface area contributed by atoms with Gasteiger partial charge in [0.2, 0.25) is 0 Å². The number of aliphatic hydroxyl groups excluding tert-OH is 1. The van der Waals surface area contributed by atoms with Gasteiger partial charge in [-0.2, -0.15) is 0 Å². The van der Waals surface area contributed by atoms with Gasteiger partial charge in [0.25, 0.3) is 0 Å². The van der Waals surface area contributed by atoms with E-state index < -0.39 is 6.10 Å². The lowest BCUT2D eigenvalue weighted by atomic mass is 10.0. The number of hydrogen-bond acceptors (Lipinski definition) is 3. The lowest BCUT2D eigenvalue weighted by molar-refractivity contribution is 0.0457. The van der Waals surface area contributed by atoms with Crippen LogP contribution in [0, 0.1) is 0 Å². The first-order valence-electron chi connectivity index (χ1n) is 6.93. The van der Waals surface area contributed by atoms with Crippen molar-refractivity contribution in [2.75, 3.05) is 5.75 Å². The van der Waals surface area contributed by atoms with Crippen molar-refractivity contribution in [3.8, 4) is 5.75 Å². The second kappa shape index (κ2) is 5.90. The third-order valence-corrected chi connectivity index (χ3v) is 4.76. The highest BCUT2D eigenvalue weighted by Gasteiger charge is 2.27. The molecule has 1 aliphatic rings. The van der Waals surface area contributed by atoms with Crippen molar-refractivity contribution < 1.29 is 9.84 Å². The van der Waals surface area contributed by atoms with Crippen molar-refractivity contribution in [2.24, 2.45) is 0 Å². The van der Waals surface area contributed by atoms with Crippen molar-refractivity contribution >= 4 is 11.8 Å². The van der Waals surface area contributed by atoms with E-state index in [4.69, 9.17) is 4.74 Å². The third kappa shape index (κ3) is 2.69. The van der Waals surface area contributed by atoms with E-state index in [1.54, 1.807) is 11.8 Å². The van der Waals surface area contributed by atoms with Gasteiger partial charge >= 0.3 is 0 Å². The van der Waals surface area contributed by atoms with Crippen LogP contribution in [0.25, 0.3) is 0 Å². The van der Waals surface area contributed by atoms with Gasteiger partial charge in [-0.25, -0.2) is 0 Å². The van der Waals surface area contributed by atoms with E-state index in [1.165, 1.54) is 5.56 Å². The topological polar surface area (TPSA) is 29.5 Å². The summed E-state index contributed by atoms with van der Waals surface area (Å²) in [6.07, 6.45) is 0.239. The smallest absolute Gasteiger partial charge is 0.138 e. The summed E-state index contributed by atoms with van der Waals surface area (Å²) in [5, 5.41) is 10.5. The number of fused-ring (bicyclic) bond motifs is 1. The zero-order valence-corrected chi connectivity index (χ0v) is 12.3. The van der Waals surface area contributed by atoms with Crippen LogP contribution in [0.3, 0.4) is 0 Å². The molecule has 0 fully saturated rings. The second-order valence-electron chi connectivity index (χ2n) is 4.95. The van der Waals surface area contributed by atoms with Gasteiger partial charge in [0.15, 0.2) is 0 Å². The molecule has 1 N–H and O–H groups in total. The lowest BCUT2D eigenvalue weighted by Gasteiger charge is -2.29. The zero-order valence-electron chi connectivity index (χ0n) is 11.5. The fourth-order valence-electron chi connectivity index (χ4n) is 2.36. The molecular formula is C17H18O2S. The molecule has 0 aromatic heterocycles. The first-order valence-corrected chi connectivity index (χ1v) is 7.92. The van der Waals surface area contributed by atoms with E-state index in [0.29, 0.717) is 0 Å². The molecule has 0 bridgehead atoms. The third-order valence-electron chi connectivity index (χ3n) is 3.61. The standard InChI is InChI=1S/C17H18O2S/c1-2-12-7-9-13(10-8-12)17(18)15-11-20-16-6-4-3-5-14(16)19-15/h3-10,15,17-18H,2,11H2,1H3. The number of benzene rings is 2. The summed E-state index contributed by atoms with van der Waals surface area (Å²) < 4.78 is 5.93. The minimum absolute atomic E-state index is 0.192. The Hall–Kier alpha value is -1.45. The molecule has 2 atom stereocenters. The Morgan fingerprint density at radius 2 is 1.95 bits per heavy atom. The summed E-state index contributed by atoms with van der Waals surface area (Å²) in [6.45, 7) is 2.13. The van der Waals surface area contributed by atoms with Gasteiger partial charge < -0.3 is 9.84 Å². The van der Waals surface area contributed by atoms with Gasteiger partial charge in [0, 0.05) is 10.6 Å². The molecular weight excluding hydrogens is 268 g/mol. The molecule has 20 heavy (non-hydrogen) atoms.